The van der Waals surface area contributed by atoms with Gasteiger partial charge in [0, 0.05) is 26.8 Å². The quantitative estimate of drug-likeness (QED) is 0.888. The van der Waals surface area contributed by atoms with Crippen LogP contribution in [0.4, 0.5) is 11.4 Å². The minimum atomic E-state index is 0.830. The molecule has 0 bridgehead atoms. The molecular formula is C16H21N3. The van der Waals surface area contributed by atoms with Crippen molar-refractivity contribution in [3.8, 4) is 0 Å². The van der Waals surface area contributed by atoms with Crippen LogP contribution in [0.2, 0.25) is 0 Å². The van der Waals surface area contributed by atoms with Crippen LogP contribution in [0.5, 0.6) is 0 Å². The Hall–Kier alpha value is -2.03. The van der Waals surface area contributed by atoms with Gasteiger partial charge in [0.25, 0.3) is 0 Å². The van der Waals surface area contributed by atoms with Crippen molar-refractivity contribution in [3.63, 3.8) is 0 Å². The number of rotatable bonds is 5. The summed E-state index contributed by atoms with van der Waals surface area (Å²) < 4.78 is 0. The molecule has 19 heavy (non-hydrogen) atoms. The highest BCUT2D eigenvalue weighted by Gasteiger charge is 2.05. The first-order valence-corrected chi connectivity index (χ1v) is 6.64. The van der Waals surface area contributed by atoms with Gasteiger partial charge >= 0.3 is 0 Å². The lowest BCUT2D eigenvalue weighted by molar-refractivity contribution is 1.03. The molecule has 0 aliphatic rings. The summed E-state index contributed by atoms with van der Waals surface area (Å²) >= 11 is 0. The van der Waals surface area contributed by atoms with Crippen molar-refractivity contribution < 1.29 is 0 Å². The van der Waals surface area contributed by atoms with Crippen molar-refractivity contribution >= 4 is 11.4 Å². The molecule has 1 N–H and O–H groups in total. The van der Waals surface area contributed by atoms with Gasteiger partial charge < -0.3 is 10.2 Å². The normalized spacial score (nSPS) is 10.3. The number of pyridine rings is 1. The predicted octanol–water partition coefficient (Wildman–Crippen LogP) is 3.32. The molecule has 3 nitrogen and oxygen atoms in total. The first-order valence-electron chi connectivity index (χ1n) is 6.64. The minimum Gasteiger partial charge on any atom is -0.378 e. The Kier molecular flexibility index (Phi) is 4.39. The van der Waals surface area contributed by atoms with E-state index < -0.39 is 0 Å². The van der Waals surface area contributed by atoms with Crippen molar-refractivity contribution in [1.82, 2.24) is 4.98 Å². The fourth-order valence-corrected chi connectivity index (χ4v) is 2.18. The molecule has 0 fully saturated rings. The fourth-order valence-electron chi connectivity index (χ4n) is 2.18. The van der Waals surface area contributed by atoms with Gasteiger partial charge in [0.05, 0.1) is 17.6 Å². The van der Waals surface area contributed by atoms with E-state index in [0.29, 0.717) is 0 Å². The highest BCUT2D eigenvalue weighted by atomic mass is 15.1. The molecule has 0 saturated heterocycles. The Bertz CT molecular complexity index is 535. The number of anilines is 2. The number of nitrogens with zero attached hydrogens (tertiary/aromatic N) is 2. The Labute approximate surface area is 115 Å². The lowest BCUT2D eigenvalue weighted by Gasteiger charge is -2.18. The third-order valence-corrected chi connectivity index (χ3v) is 3.25. The molecule has 0 unspecified atom stereocenters. The van der Waals surface area contributed by atoms with Gasteiger partial charge in [0.2, 0.25) is 0 Å². The van der Waals surface area contributed by atoms with Gasteiger partial charge in [-0.3, -0.25) is 4.98 Å². The number of benzene rings is 1. The zero-order valence-electron chi connectivity index (χ0n) is 11.9. The van der Waals surface area contributed by atoms with Crippen LogP contribution in [-0.4, -0.2) is 19.1 Å². The standard InChI is InChI=1S/C16H21N3/c1-4-13-7-5-6-8-14(13)11-18-15-12-17-10-9-16(15)19(2)3/h5-10,12,18H,4,11H2,1-3H3. The first kappa shape index (κ1) is 13.4. The highest BCUT2D eigenvalue weighted by Crippen LogP contribution is 2.23. The maximum Gasteiger partial charge on any atom is 0.0766 e. The number of aryl methyl sites for hydroxylation is 1. The lowest BCUT2D eigenvalue weighted by Crippen LogP contribution is -2.12. The third kappa shape index (κ3) is 3.25. The predicted molar refractivity (Wildman–Crippen MR) is 81.7 cm³/mol. The number of hydrogen-bond acceptors (Lipinski definition) is 3. The largest absolute Gasteiger partial charge is 0.378 e. The van der Waals surface area contributed by atoms with Crippen LogP contribution in [0.25, 0.3) is 0 Å². The molecule has 0 aliphatic carbocycles. The van der Waals surface area contributed by atoms with E-state index in [1.54, 1.807) is 0 Å². The van der Waals surface area contributed by atoms with Crippen LogP contribution in [0.1, 0.15) is 18.1 Å². The zero-order chi connectivity index (χ0) is 13.7. The summed E-state index contributed by atoms with van der Waals surface area (Å²) in [5.41, 5.74) is 4.96. The molecular weight excluding hydrogens is 234 g/mol. The van der Waals surface area contributed by atoms with E-state index >= 15 is 0 Å². The molecule has 1 aromatic heterocycles. The van der Waals surface area contributed by atoms with E-state index in [2.05, 4.69) is 46.4 Å². The maximum absolute atomic E-state index is 4.19. The van der Waals surface area contributed by atoms with Crippen molar-refractivity contribution in [2.75, 3.05) is 24.3 Å². The molecule has 0 atom stereocenters. The molecule has 0 saturated carbocycles. The molecule has 3 heteroatoms. The van der Waals surface area contributed by atoms with Gasteiger partial charge in [-0.25, -0.2) is 0 Å². The second-order valence-electron chi connectivity index (χ2n) is 4.76. The Morgan fingerprint density at radius 2 is 1.84 bits per heavy atom. The average Bonchev–Trinajstić information content (AvgIpc) is 2.45. The summed E-state index contributed by atoms with van der Waals surface area (Å²) in [4.78, 5) is 6.29. The smallest absolute Gasteiger partial charge is 0.0766 e. The van der Waals surface area contributed by atoms with Crippen LogP contribution in [0, 0.1) is 0 Å². The molecule has 0 aliphatic heterocycles. The minimum absolute atomic E-state index is 0.830. The van der Waals surface area contributed by atoms with Crippen LogP contribution < -0.4 is 10.2 Å². The fraction of sp³-hybridized carbons (Fsp3) is 0.312. The highest BCUT2D eigenvalue weighted by molar-refractivity contribution is 5.68. The lowest BCUT2D eigenvalue weighted by atomic mass is 10.1. The van der Waals surface area contributed by atoms with Crippen molar-refractivity contribution in [1.29, 1.82) is 0 Å². The SMILES string of the molecule is CCc1ccccc1CNc1cnccc1N(C)C. The van der Waals surface area contributed by atoms with Gasteiger partial charge in [0.1, 0.15) is 0 Å². The van der Waals surface area contributed by atoms with Gasteiger partial charge in [-0.05, 0) is 23.6 Å². The van der Waals surface area contributed by atoms with Crippen LogP contribution in [0.3, 0.4) is 0 Å². The molecule has 2 rings (SSSR count). The summed E-state index contributed by atoms with van der Waals surface area (Å²) in [6.45, 7) is 3.02. The second-order valence-corrected chi connectivity index (χ2v) is 4.76. The van der Waals surface area contributed by atoms with Crippen LogP contribution in [-0.2, 0) is 13.0 Å². The molecule has 100 valence electrons. The average molecular weight is 255 g/mol. The molecule has 0 amide bonds. The Balaban J connectivity index is 2.15. The monoisotopic (exact) mass is 255 g/mol. The second kappa shape index (κ2) is 6.23. The zero-order valence-corrected chi connectivity index (χ0v) is 11.9. The van der Waals surface area contributed by atoms with Crippen LogP contribution in [0.15, 0.2) is 42.7 Å². The van der Waals surface area contributed by atoms with E-state index in [9.17, 15) is 0 Å². The van der Waals surface area contributed by atoms with Crippen molar-refractivity contribution in [3.05, 3.63) is 53.9 Å². The molecule has 0 radical (unpaired) electrons. The van der Waals surface area contributed by atoms with E-state index in [4.69, 9.17) is 0 Å². The van der Waals surface area contributed by atoms with E-state index in [1.807, 2.05) is 32.6 Å². The number of nitrogens with one attached hydrogen (secondary N) is 1. The summed E-state index contributed by atoms with van der Waals surface area (Å²) in [6.07, 6.45) is 4.76. The summed E-state index contributed by atoms with van der Waals surface area (Å²) in [5, 5.41) is 3.48. The van der Waals surface area contributed by atoms with Gasteiger partial charge in [-0.1, -0.05) is 31.2 Å². The summed E-state index contributed by atoms with van der Waals surface area (Å²) in [7, 11) is 4.08. The number of hydrogen-bond donors (Lipinski definition) is 1. The van der Waals surface area contributed by atoms with Gasteiger partial charge in [-0.15, -0.1) is 0 Å². The third-order valence-electron chi connectivity index (χ3n) is 3.25. The topological polar surface area (TPSA) is 28.2 Å². The molecule has 1 heterocycles. The maximum atomic E-state index is 4.19. The van der Waals surface area contributed by atoms with Crippen molar-refractivity contribution in [2.45, 2.75) is 19.9 Å². The van der Waals surface area contributed by atoms with E-state index in [1.165, 1.54) is 11.1 Å². The van der Waals surface area contributed by atoms with Crippen molar-refractivity contribution in [2.24, 2.45) is 0 Å². The van der Waals surface area contributed by atoms with E-state index in [-0.39, 0.29) is 0 Å². The Morgan fingerprint density at radius 3 is 2.53 bits per heavy atom. The van der Waals surface area contributed by atoms with Gasteiger partial charge in [-0.2, -0.15) is 0 Å². The summed E-state index contributed by atoms with van der Waals surface area (Å²) in [5.74, 6) is 0. The first-order chi connectivity index (χ1) is 9.22. The van der Waals surface area contributed by atoms with Crippen LogP contribution >= 0.6 is 0 Å². The van der Waals surface area contributed by atoms with E-state index in [0.717, 1.165) is 24.3 Å². The number of aromatic nitrogens is 1. The Morgan fingerprint density at radius 1 is 1.11 bits per heavy atom. The molecule has 2 aromatic rings. The molecule has 1 aromatic carbocycles. The molecule has 0 spiro atoms. The summed E-state index contributed by atoms with van der Waals surface area (Å²) in [6, 6.07) is 10.6. The van der Waals surface area contributed by atoms with Gasteiger partial charge in [0.15, 0.2) is 0 Å².